The number of nitrogens with zero attached hydrogens (tertiary/aromatic N) is 2. The Hall–Kier alpha value is -1.88. The van der Waals surface area contributed by atoms with Gasteiger partial charge in [-0.15, -0.1) is 0 Å². The Balaban J connectivity index is 2.23. The fraction of sp³-hybridized carbons (Fsp3) is 0.444. The molecule has 0 saturated carbocycles. The quantitative estimate of drug-likeness (QED) is 0.695. The van der Waals surface area contributed by atoms with Crippen molar-refractivity contribution < 1.29 is 0 Å². The minimum atomic E-state index is 0.537. The van der Waals surface area contributed by atoms with E-state index >= 15 is 0 Å². The average molecular weight is 266 g/mol. The van der Waals surface area contributed by atoms with Crippen LogP contribution in [0.3, 0.4) is 0 Å². The van der Waals surface area contributed by atoms with Gasteiger partial charge in [0, 0.05) is 5.39 Å². The Morgan fingerprint density at radius 1 is 1.15 bits per heavy atom. The van der Waals surface area contributed by atoms with Crippen molar-refractivity contribution in [1.29, 1.82) is 5.26 Å². The molecule has 0 spiro atoms. The summed E-state index contributed by atoms with van der Waals surface area (Å²) in [6, 6.07) is 10.4. The van der Waals surface area contributed by atoms with E-state index in [0.29, 0.717) is 5.69 Å². The lowest BCUT2D eigenvalue weighted by Crippen LogP contribution is -1.95. The SMILES string of the molecule is CCCCCCCc1cc(C#N)nc2c(C)cccc12. The maximum atomic E-state index is 9.14. The van der Waals surface area contributed by atoms with E-state index in [1.165, 1.54) is 43.1 Å². The van der Waals surface area contributed by atoms with E-state index in [-0.39, 0.29) is 0 Å². The molecule has 1 aromatic heterocycles. The molecule has 0 atom stereocenters. The fourth-order valence-electron chi connectivity index (χ4n) is 2.65. The van der Waals surface area contributed by atoms with Crippen LogP contribution in [0.25, 0.3) is 10.9 Å². The van der Waals surface area contributed by atoms with Gasteiger partial charge in [0.15, 0.2) is 0 Å². The second kappa shape index (κ2) is 7.05. The van der Waals surface area contributed by atoms with Gasteiger partial charge in [0.2, 0.25) is 0 Å². The van der Waals surface area contributed by atoms with Crippen molar-refractivity contribution >= 4 is 10.9 Å². The lowest BCUT2D eigenvalue weighted by molar-refractivity contribution is 0.633. The number of fused-ring (bicyclic) bond motifs is 1. The Morgan fingerprint density at radius 3 is 2.70 bits per heavy atom. The average Bonchev–Trinajstić information content (AvgIpc) is 2.47. The van der Waals surface area contributed by atoms with Gasteiger partial charge < -0.3 is 0 Å². The van der Waals surface area contributed by atoms with Crippen LogP contribution in [-0.2, 0) is 6.42 Å². The summed E-state index contributed by atoms with van der Waals surface area (Å²) in [7, 11) is 0. The third kappa shape index (κ3) is 3.36. The molecule has 2 aromatic rings. The molecule has 0 amide bonds. The molecule has 0 fully saturated rings. The normalized spacial score (nSPS) is 10.7. The highest BCUT2D eigenvalue weighted by atomic mass is 14.7. The van der Waals surface area contributed by atoms with E-state index in [9.17, 15) is 0 Å². The van der Waals surface area contributed by atoms with Gasteiger partial charge in [0.25, 0.3) is 0 Å². The van der Waals surface area contributed by atoms with E-state index < -0.39 is 0 Å². The Kier molecular flexibility index (Phi) is 5.12. The zero-order valence-corrected chi connectivity index (χ0v) is 12.4. The molecule has 1 heterocycles. The van der Waals surface area contributed by atoms with Gasteiger partial charge in [-0.2, -0.15) is 5.26 Å². The monoisotopic (exact) mass is 266 g/mol. The van der Waals surface area contributed by atoms with Crippen molar-refractivity contribution in [3.8, 4) is 6.07 Å². The summed E-state index contributed by atoms with van der Waals surface area (Å²) in [6.45, 7) is 4.29. The van der Waals surface area contributed by atoms with Crippen LogP contribution in [0.1, 0.15) is 55.8 Å². The molecular weight excluding hydrogens is 244 g/mol. The van der Waals surface area contributed by atoms with Crippen molar-refractivity contribution in [3.05, 3.63) is 41.1 Å². The second-order valence-electron chi connectivity index (χ2n) is 5.41. The van der Waals surface area contributed by atoms with Gasteiger partial charge in [-0.25, -0.2) is 4.98 Å². The van der Waals surface area contributed by atoms with E-state index in [2.05, 4.69) is 43.1 Å². The standard InChI is InChI=1S/C18H22N2/c1-3-4-5-6-7-10-15-12-16(13-19)20-18-14(2)9-8-11-17(15)18/h8-9,11-12H,3-7,10H2,1-2H3. The number of para-hydroxylation sites is 1. The highest BCUT2D eigenvalue weighted by Crippen LogP contribution is 2.23. The second-order valence-corrected chi connectivity index (χ2v) is 5.41. The van der Waals surface area contributed by atoms with Crippen molar-refractivity contribution in [3.63, 3.8) is 0 Å². The summed E-state index contributed by atoms with van der Waals surface area (Å²) >= 11 is 0. The van der Waals surface area contributed by atoms with Crippen LogP contribution in [0.5, 0.6) is 0 Å². The number of rotatable bonds is 6. The molecule has 0 unspecified atom stereocenters. The highest BCUT2D eigenvalue weighted by Gasteiger charge is 2.07. The number of pyridine rings is 1. The van der Waals surface area contributed by atoms with Gasteiger partial charge in [-0.1, -0.05) is 50.8 Å². The van der Waals surface area contributed by atoms with Gasteiger partial charge in [0.1, 0.15) is 11.8 Å². The molecule has 2 heteroatoms. The smallest absolute Gasteiger partial charge is 0.141 e. The van der Waals surface area contributed by atoms with Crippen molar-refractivity contribution in [2.75, 3.05) is 0 Å². The molecule has 104 valence electrons. The van der Waals surface area contributed by atoms with Crippen LogP contribution in [0.4, 0.5) is 0 Å². The largest absolute Gasteiger partial charge is 0.237 e. The molecule has 20 heavy (non-hydrogen) atoms. The third-order valence-corrected chi connectivity index (χ3v) is 3.79. The maximum absolute atomic E-state index is 9.14. The summed E-state index contributed by atoms with van der Waals surface area (Å²) in [4.78, 5) is 4.45. The molecule has 1 aromatic carbocycles. The summed E-state index contributed by atoms with van der Waals surface area (Å²) in [5.41, 5.74) is 3.93. The van der Waals surface area contributed by atoms with Crippen molar-refractivity contribution in [1.82, 2.24) is 4.98 Å². The number of benzene rings is 1. The van der Waals surface area contributed by atoms with Crippen LogP contribution in [0.15, 0.2) is 24.3 Å². The summed E-state index contributed by atoms with van der Waals surface area (Å²) in [6.07, 6.45) is 7.41. The van der Waals surface area contributed by atoms with Gasteiger partial charge >= 0.3 is 0 Å². The number of unbranched alkanes of at least 4 members (excludes halogenated alkanes) is 4. The molecule has 0 saturated heterocycles. The van der Waals surface area contributed by atoms with Gasteiger partial charge in [-0.05, 0) is 37.0 Å². The molecular formula is C18H22N2. The van der Waals surface area contributed by atoms with Gasteiger partial charge in [0.05, 0.1) is 5.52 Å². The Labute approximate surface area is 121 Å². The lowest BCUT2D eigenvalue weighted by Gasteiger charge is -2.09. The predicted molar refractivity (Wildman–Crippen MR) is 83.7 cm³/mol. The lowest BCUT2D eigenvalue weighted by atomic mass is 9.99. The summed E-state index contributed by atoms with van der Waals surface area (Å²) in [5.74, 6) is 0. The first-order valence-electron chi connectivity index (χ1n) is 7.55. The van der Waals surface area contributed by atoms with Crippen LogP contribution < -0.4 is 0 Å². The molecule has 0 aliphatic carbocycles. The molecule has 0 bridgehead atoms. The van der Waals surface area contributed by atoms with Gasteiger partial charge in [-0.3, -0.25) is 0 Å². The minimum absolute atomic E-state index is 0.537. The molecule has 2 nitrogen and oxygen atoms in total. The number of nitriles is 1. The molecule has 2 rings (SSSR count). The van der Waals surface area contributed by atoms with E-state index in [1.54, 1.807) is 0 Å². The van der Waals surface area contributed by atoms with Crippen LogP contribution in [0.2, 0.25) is 0 Å². The third-order valence-electron chi connectivity index (χ3n) is 3.79. The molecule has 0 radical (unpaired) electrons. The summed E-state index contributed by atoms with van der Waals surface area (Å²) in [5, 5.41) is 10.3. The van der Waals surface area contributed by atoms with E-state index in [1.807, 2.05) is 6.07 Å². The zero-order chi connectivity index (χ0) is 14.4. The summed E-state index contributed by atoms with van der Waals surface area (Å²) < 4.78 is 0. The van der Waals surface area contributed by atoms with Crippen LogP contribution in [0, 0.1) is 18.3 Å². The number of hydrogen-bond donors (Lipinski definition) is 0. The maximum Gasteiger partial charge on any atom is 0.141 e. The molecule has 0 N–H and O–H groups in total. The first kappa shape index (κ1) is 14.5. The Bertz CT molecular complexity index is 623. The fourth-order valence-corrected chi connectivity index (χ4v) is 2.65. The first-order valence-corrected chi connectivity index (χ1v) is 7.55. The van der Waals surface area contributed by atoms with Crippen molar-refractivity contribution in [2.45, 2.75) is 52.4 Å². The predicted octanol–water partition coefficient (Wildman–Crippen LogP) is 4.93. The van der Waals surface area contributed by atoms with Crippen molar-refractivity contribution in [2.24, 2.45) is 0 Å². The molecule has 0 aliphatic rings. The number of aryl methyl sites for hydroxylation is 2. The first-order chi connectivity index (χ1) is 9.76. The molecule has 0 aliphatic heterocycles. The van der Waals surface area contributed by atoms with Crippen LogP contribution >= 0.6 is 0 Å². The van der Waals surface area contributed by atoms with E-state index in [0.717, 1.165) is 17.5 Å². The van der Waals surface area contributed by atoms with E-state index in [4.69, 9.17) is 5.26 Å². The highest BCUT2D eigenvalue weighted by molar-refractivity contribution is 5.85. The minimum Gasteiger partial charge on any atom is -0.237 e. The van der Waals surface area contributed by atoms with Crippen LogP contribution in [-0.4, -0.2) is 4.98 Å². The number of aromatic nitrogens is 1. The Morgan fingerprint density at radius 2 is 1.95 bits per heavy atom. The number of hydrogen-bond acceptors (Lipinski definition) is 2. The topological polar surface area (TPSA) is 36.7 Å². The zero-order valence-electron chi connectivity index (χ0n) is 12.4.